The monoisotopic (exact) mass is 481 g/mol. The van der Waals surface area contributed by atoms with E-state index in [1.54, 1.807) is 13.8 Å². The first-order valence-corrected chi connectivity index (χ1v) is 12.6. The summed E-state index contributed by atoms with van der Waals surface area (Å²) in [5, 5.41) is 4.41. The van der Waals surface area contributed by atoms with E-state index in [1.165, 1.54) is 4.31 Å². The van der Waals surface area contributed by atoms with Crippen molar-refractivity contribution in [2.45, 2.75) is 43.4 Å². The van der Waals surface area contributed by atoms with E-state index >= 15 is 0 Å². The quantitative estimate of drug-likeness (QED) is 0.666. The summed E-state index contributed by atoms with van der Waals surface area (Å²) in [6, 6.07) is 7.44. The molecule has 10 heteroatoms. The Morgan fingerprint density at radius 2 is 1.75 bits per heavy atom. The van der Waals surface area contributed by atoms with Gasteiger partial charge in [-0.1, -0.05) is 28.9 Å². The second-order valence-electron chi connectivity index (χ2n) is 8.40. The van der Waals surface area contributed by atoms with Crippen molar-refractivity contribution in [2.75, 3.05) is 39.4 Å². The zero-order valence-electron chi connectivity index (χ0n) is 18.3. The number of nitrogens with zero attached hydrogens (tertiary/aromatic N) is 3. The van der Waals surface area contributed by atoms with Gasteiger partial charge in [0.25, 0.3) is 0 Å². The van der Waals surface area contributed by atoms with Crippen LogP contribution in [0.25, 0.3) is 0 Å². The molecule has 2 aliphatic heterocycles. The summed E-state index contributed by atoms with van der Waals surface area (Å²) in [6.07, 6.45) is 1.73. The van der Waals surface area contributed by atoms with Gasteiger partial charge >= 0.3 is 0 Å². The van der Waals surface area contributed by atoms with Crippen LogP contribution in [0.3, 0.4) is 0 Å². The normalized spacial score (nSPS) is 20.2. The molecule has 2 saturated heterocycles. The Labute approximate surface area is 193 Å². The van der Waals surface area contributed by atoms with Crippen molar-refractivity contribution in [1.29, 1.82) is 0 Å². The summed E-state index contributed by atoms with van der Waals surface area (Å²) in [5.74, 6) is 0.309. The topological polar surface area (TPSA) is 93.0 Å². The Morgan fingerprint density at radius 3 is 2.38 bits per heavy atom. The van der Waals surface area contributed by atoms with Gasteiger partial charge in [0.15, 0.2) is 5.76 Å². The fraction of sp³-hybridized carbons (Fsp3) is 0.545. The number of ether oxygens (including phenoxy) is 1. The highest BCUT2D eigenvalue weighted by molar-refractivity contribution is 7.89. The molecular formula is C22H28ClN3O5S. The smallest absolute Gasteiger partial charge is 0.248 e. The number of rotatable bonds is 4. The van der Waals surface area contributed by atoms with Crippen molar-refractivity contribution < 1.29 is 22.5 Å². The highest BCUT2D eigenvalue weighted by atomic mass is 35.5. The second kappa shape index (κ2) is 9.13. The third-order valence-corrected chi connectivity index (χ3v) is 8.86. The Balaban J connectivity index is 1.57. The second-order valence-corrected chi connectivity index (χ2v) is 10.7. The molecule has 4 rings (SSSR count). The minimum atomic E-state index is -3.75. The van der Waals surface area contributed by atoms with Crippen LogP contribution in [0.15, 0.2) is 33.7 Å². The lowest BCUT2D eigenvalue weighted by atomic mass is 9.73. The maximum absolute atomic E-state index is 13.9. The van der Waals surface area contributed by atoms with E-state index in [0.29, 0.717) is 62.8 Å². The van der Waals surface area contributed by atoms with Crippen LogP contribution < -0.4 is 0 Å². The number of carbonyl (C=O) groups excluding carboxylic acids is 1. The largest absolute Gasteiger partial charge is 0.381 e. The zero-order valence-corrected chi connectivity index (χ0v) is 19.9. The Bertz CT molecular complexity index is 1060. The summed E-state index contributed by atoms with van der Waals surface area (Å²) in [7, 11) is -3.75. The van der Waals surface area contributed by atoms with Crippen molar-refractivity contribution >= 4 is 27.5 Å². The molecule has 0 aliphatic carbocycles. The van der Waals surface area contributed by atoms with Gasteiger partial charge in [0, 0.05) is 44.4 Å². The fourth-order valence-electron chi connectivity index (χ4n) is 4.73. The third-order valence-electron chi connectivity index (χ3n) is 6.46. The first-order chi connectivity index (χ1) is 15.3. The summed E-state index contributed by atoms with van der Waals surface area (Å²) >= 11 is 6.08. The van der Waals surface area contributed by atoms with Crippen LogP contribution in [0.2, 0.25) is 5.02 Å². The summed E-state index contributed by atoms with van der Waals surface area (Å²) in [4.78, 5) is 15.8. The lowest BCUT2D eigenvalue weighted by molar-refractivity contribution is -0.141. The maximum Gasteiger partial charge on any atom is 0.248 e. The standard InChI is InChI=1S/C22H28ClN3O5S/c1-16-20(17(2)31-24-16)32(28,29)26-11-3-10-25(12-13-26)21(27)22(8-14-30-15-9-22)18-4-6-19(23)7-5-18/h4-7H,3,8-15H2,1-2H3. The van der Waals surface area contributed by atoms with Crippen LogP contribution in [0.1, 0.15) is 36.3 Å². The molecule has 8 nitrogen and oxygen atoms in total. The molecule has 174 valence electrons. The van der Waals surface area contributed by atoms with E-state index in [0.717, 1.165) is 5.56 Å². The molecule has 0 saturated carbocycles. The minimum Gasteiger partial charge on any atom is -0.381 e. The van der Waals surface area contributed by atoms with Gasteiger partial charge in [-0.2, -0.15) is 4.31 Å². The van der Waals surface area contributed by atoms with E-state index in [4.69, 9.17) is 20.9 Å². The molecule has 0 unspecified atom stereocenters. The number of aromatic nitrogens is 1. The molecular weight excluding hydrogens is 454 g/mol. The summed E-state index contributed by atoms with van der Waals surface area (Å²) < 4.78 is 38.5. The third kappa shape index (κ3) is 4.19. The Kier molecular flexibility index (Phi) is 6.63. The average molecular weight is 482 g/mol. The van der Waals surface area contributed by atoms with Gasteiger partial charge in [0.2, 0.25) is 15.9 Å². The molecule has 3 heterocycles. The minimum absolute atomic E-state index is 0.0275. The number of aryl methyl sites for hydroxylation is 2. The fourth-order valence-corrected chi connectivity index (χ4v) is 6.61. The Hall–Kier alpha value is -1.94. The van der Waals surface area contributed by atoms with Gasteiger partial charge in [0.05, 0.1) is 5.41 Å². The number of sulfonamides is 1. The summed E-state index contributed by atoms with van der Waals surface area (Å²) in [6.45, 7) is 5.64. The van der Waals surface area contributed by atoms with Crippen LogP contribution in [0.5, 0.6) is 0 Å². The number of carbonyl (C=O) groups is 1. The molecule has 32 heavy (non-hydrogen) atoms. The number of amides is 1. The molecule has 0 bridgehead atoms. The SMILES string of the molecule is Cc1noc(C)c1S(=O)(=O)N1CCCN(C(=O)C2(c3ccc(Cl)cc3)CCOCC2)CC1. The average Bonchev–Trinajstić information content (AvgIpc) is 2.98. The molecule has 2 aromatic rings. The van der Waals surface area contributed by atoms with E-state index < -0.39 is 15.4 Å². The van der Waals surface area contributed by atoms with Gasteiger partial charge in [-0.25, -0.2) is 8.42 Å². The Morgan fingerprint density at radius 1 is 1.06 bits per heavy atom. The van der Waals surface area contributed by atoms with Crippen molar-refractivity contribution in [2.24, 2.45) is 0 Å². The molecule has 0 N–H and O–H groups in total. The van der Waals surface area contributed by atoms with Gasteiger partial charge in [-0.15, -0.1) is 0 Å². The van der Waals surface area contributed by atoms with Gasteiger partial charge < -0.3 is 14.2 Å². The predicted molar refractivity (Wildman–Crippen MR) is 119 cm³/mol. The van der Waals surface area contributed by atoms with Crippen molar-refractivity contribution in [3.05, 3.63) is 46.3 Å². The summed E-state index contributed by atoms with van der Waals surface area (Å²) in [5.41, 5.74) is 0.599. The van der Waals surface area contributed by atoms with E-state index in [2.05, 4.69) is 5.16 Å². The van der Waals surface area contributed by atoms with Crippen LogP contribution in [-0.4, -0.2) is 68.1 Å². The first-order valence-electron chi connectivity index (χ1n) is 10.8. The maximum atomic E-state index is 13.9. The predicted octanol–water partition coefficient (Wildman–Crippen LogP) is 2.92. The van der Waals surface area contributed by atoms with E-state index in [9.17, 15) is 13.2 Å². The lowest BCUT2D eigenvalue weighted by Crippen LogP contribution is -2.51. The molecule has 2 aliphatic rings. The molecule has 1 amide bonds. The van der Waals surface area contributed by atoms with Crippen molar-refractivity contribution in [3.63, 3.8) is 0 Å². The van der Waals surface area contributed by atoms with E-state index in [-0.39, 0.29) is 23.1 Å². The lowest BCUT2D eigenvalue weighted by Gasteiger charge is -2.40. The highest BCUT2D eigenvalue weighted by Gasteiger charge is 2.44. The molecule has 2 fully saturated rings. The van der Waals surface area contributed by atoms with Crippen LogP contribution in [-0.2, 0) is 25.0 Å². The number of benzene rings is 1. The zero-order chi connectivity index (χ0) is 22.9. The number of halogens is 1. The highest BCUT2D eigenvalue weighted by Crippen LogP contribution is 2.38. The van der Waals surface area contributed by atoms with Crippen molar-refractivity contribution in [1.82, 2.24) is 14.4 Å². The molecule has 0 spiro atoms. The number of hydrogen-bond donors (Lipinski definition) is 0. The van der Waals surface area contributed by atoms with E-state index in [1.807, 2.05) is 29.2 Å². The number of hydrogen-bond acceptors (Lipinski definition) is 6. The van der Waals surface area contributed by atoms with Gasteiger partial charge in [-0.3, -0.25) is 4.79 Å². The molecule has 0 atom stereocenters. The first kappa shape index (κ1) is 23.2. The van der Waals surface area contributed by atoms with Crippen LogP contribution in [0, 0.1) is 13.8 Å². The van der Waals surface area contributed by atoms with Gasteiger partial charge in [-0.05, 0) is 50.8 Å². The molecule has 1 aromatic carbocycles. The molecule has 0 radical (unpaired) electrons. The van der Waals surface area contributed by atoms with Gasteiger partial charge in [0.1, 0.15) is 10.6 Å². The van der Waals surface area contributed by atoms with Crippen LogP contribution >= 0.6 is 11.6 Å². The molecule has 1 aromatic heterocycles. The van der Waals surface area contributed by atoms with Crippen LogP contribution in [0.4, 0.5) is 0 Å². The van der Waals surface area contributed by atoms with Crippen molar-refractivity contribution in [3.8, 4) is 0 Å².